The number of aromatic nitrogens is 3. The first-order chi connectivity index (χ1) is 11.7. The minimum absolute atomic E-state index is 0.207. The highest BCUT2D eigenvalue weighted by atomic mass is 32.2. The third-order valence-corrected chi connectivity index (χ3v) is 5.48. The Kier molecular flexibility index (Phi) is 5.56. The largest absolute Gasteiger partial charge is 0.342 e. The molecule has 1 aliphatic rings. The van der Waals surface area contributed by atoms with Gasteiger partial charge in [0.1, 0.15) is 0 Å². The number of likely N-dealkylation sites (tertiary alicyclic amines) is 1. The van der Waals surface area contributed by atoms with Crippen molar-refractivity contribution in [1.29, 1.82) is 0 Å². The van der Waals surface area contributed by atoms with E-state index in [1.54, 1.807) is 0 Å². The summed E-state index contributed by atoms with van der Waals surface area (Å²) in [5.74, 6) is 2.23. The number of hydrogen-bond acceptors (Lipinski definition) is 4. The van der Waals surface area contributed by atoms with Crippen molar-refractivity contribution < 1.29 is 4.79 Å². The van der Waals surface area contributed by atoms with Crippen LogP contribution in [0.1, 0.15) is 26.7 Å². The van der Waals surface area contributed by atoms with Crippen LogP contribution < -0.4 is 0 Å². The van der Waals surface area contributed by atoms with Gasteiger partial charge in [-0.05, 0) is 25.7 Å². The molecular weight excluding hydrogens is 320 g/mol. The van der Waals surface area contributed by atoms with Crippen LogP contribution in [0, 0.1) is 5.92 Å². The molecule has 0 aliphatic carbocycles. The topological polar surface area (TPSA) is 51.0 Å². The summed E-state index contributed by atoms with van der Waals surface area (Å²) in [6.07, 6.45) is 2.22. The predicted molar refractivity (Wildman–Crippen MR) is 96.8 cm³/mol. The quantitative estimate of drug-likeness (QED) is 0.781. The molecule has 1 aromatic heterocycles. The first-order valence-corrected chi connectivity index (χ1v) is 9.56. The zero-order valence-corrected chi connectivity index (χ0v) is 15.1. The second-order valence-electron chi connectivity index (χ2n) is 6.27. The molecular formula is C18H24N4OS. The minimum atomic E-state index is 0.207. The van der Waals surface area contributed by atoms with Crippen molar-refractivity contribution in [2.75, 3.05) is 18.8 Å². The maximum atomic E-state index is 12.4. The van der Waals surface area contributed by atoms with Crippen LogP contribution >= 0.6 is 11.8 Å². The third-order valence-electron chi connectivity index (χ3n) is 4.53. The first-order valence-electron chi connectivity index (χ1n) is 8.58. The molecule has 1 saturated heterocycles. The lowest BCUT2D eigenvalue weighted by atomic mass is 9.99. The van der Waals surface area contributed by atoms with Gasteiger partial charge in [-0.1, -0.05) is 49.0 Å². The van der Waals surface area contributed by atoms with Gasteiger partial charge in [-0.15, -0.1) is 10.2 Å². The average Bonchev–Trinajstić information content (AvgIpc) is 3.04. The van der Waals surface area contributed by atoms with Crippen LogP contribution in [0.5, 0.6) is 0 Å². The fourth-order valence-electron chi connectivity index (χ4n) is 2.96. The fraction of sp³-hybridized carbons (Fsp3) is 0.500. The normalized spacial score (nSPS) is 15.7. The average molecular weight is 344 g/mol. The molecule has 5 nitrogen and oxygen atoms in total. The van der Waals surface area contributed by atoms with E-state index in [1.807, 2.05) is 35.2 Å². The molecule has 0 radical (unpaired) electrons. The van der Waals surface area contributed by atoms with E-state index >= 15 is 0 Å². The van der Waals surface area contributed by atoms with E-state index in [1.165, 1.54) is 11.8 Å². The first kappa shape index (κ1) is 17.0. The van der Waals surface area contributed by atoms with Crippen molar-refractivity contribution in [2.45, 2.75) is 38.4 Å². The Morgan fingerprint density at radius 1 is 1.21 bits per heavy atom. The van der Waals surface area contributed by atoms with Crippen LogP contribution in [0.2, 0.25) is 0 Å². The lowest BCUT2D eigenvalue weighted by Crippen LogP contribution is -2.38. The summed E-state index contributed by atoms with van der Waals surface area (Å²) in [5.41, 5.74) is 1.05. The van der Waals surface area contributed by atoms with Crippen LogP contribution in [-0.2, 0) is 11.3 Å². The zero-order valence-electron chi connectivity index (χ0n) is 14.3. The van der Waals surface area contributed by atoms with E-state index in [0.29, 0.717) is 5.75 Å². The lowest BCUT2D eigenvalue weighted by molar-refractivity contribution is -0.129. The van der Waals surface area contributed by atoms with Gasteiger partial charge < -0.3 is 9.47 Å². The molecule has 1 aromatic carbocycles. The number of piperidine rings is 1. The van der Waals surface area contributed by atoms with Crippen molar-refractivity contribution in [3.63, 3.8) is 0 Å². The molecule has 0 unspecified atom stereocenters. The molecule has 0 bridgehead atoms. The summed E-state index contributed by atoms with van der Waals surface area (Å²) in [5, 5.41) is 9.44. The van der Waals surface area contributed by atoms with Crippen LogP contribution in [0.25, 0.3) is 11.4 Å². The van der Waals surface area contributed by atoms with Gasteiger partial charge in [0.25, 0.3) is 0 Å². The van der Waals surface area contributed by atoms with Crippen molar-refractivity contribution in [1.82, 2.24) is 19.7 Å². The van der Waals surface area contributed by atoms with E-state index in [-0.39, 0.29) is 5.91 Å². The van der Waals surface area contributed by atoms with E-state index in [0.717, 1.165) is 54.9 Å². The molecule has 6 heteroatoms. The number of carbonyl (C=O) groups excluding carboxylic acids is 1. The molecule has 2 heterocycles. The van der Waals surface area contributed by atoms with Crippen molar-refractivity contribution >= 4 is 17.7 Å². The third kappa shape index (κ3) is 3.80. The highest BCUT2D eigenvalue weighted by molar-refractivity contribution is 7.99. The predicted octanol–water partition coefficient (Wildman–Crippen LogP) is 3.32. The number of carbonyl (C=O) groups is 1. The molecule has 0 spiro atoms. The monoisotopic (exact) mass is 344 g/mol. The fourth-order valence-corrected chi connectivity index (χ4v) is 3.86. The molecule has 0 N–H and O–H groups in total. The number of hydrogen-bond donors (Lipinski definition) is 0. The van der Waals surface area contributed by atoms with Gasteiger partial charge in [0.2, 0.25) is 5.91 Å². The van der Waals surface area contributed by atoms with Crippen LogP contribution in [-0.4, -0.2) is 44.4 Å². The van der Waals surface area contributed by atoms with E-state index < -0.39 is 0 Å². The number of nitrogens with zero attached hydrogens (tertiary/aromatic N) is 4. The lowest BCUT2D eigenvalue weighted by Gasteiger charge is -2.30. The Bertz CT molecular complexity index is 678. The highest BCUT2D eigenvalue weighted by Gasteiger charge is 2.21. The van der Waals surface area contributed by atoms with E-state index in [9.17, 15) is 4.79 Å². The summed E-state index contributed by atoms with van der Waals surface area (Å²) < 4.78 is 2.07. The minimum Gasteiger partial charge on any atom is -0.342 e. The molecule has 1 aliphatic heterocycles. The van der Waals surface area contributed by atoms with Gasteiger partial charge >= 0.3 is 0 Å². The molecule has 24 heavy (non-hydrogen) atoms. The highest BCUT2D eigenvalue weighted by Crippen LogP contribution is 2.24. The second-order valence-corrected chi connectivity index (χ2v) is 7.21. The zero-order chi connectivity index (χ0) is 16.9. The Morgan fingerprint density at radius 3 is 2.58 bits per heavy atom. The molecule has 2 aromatic rings. The standard InChI is InChI=1S/C18H24N4OS/c1-3-22-17(15-7-5-4-6-8-15)19-20-18(22)24-13-16(23)21-11-9-14(2)10-12-21/h4-8,14H,3,9-13H2,1-2H3. The maximum absolute atomic E-state index is 12.4. The number of rotatable bonds is 5. The van der Waals surface area contributed by atoms with Crippen molar-refractivity contribution in [3.05, 3.63) is 30.3 Å². The SMILES string of the molecule is CCn1c(SCC(=O)N2CCC(C)CC2)nnc1-c1ccccc1. The number of amides is 1. The van der Waals surface area contributed by atoms with E-state index in [2.05, 4.69) is 28.6 Å². The summed E-state index contributed by atoms with van der Waals surface area (Å²) in [6, 6.07) is 10.1. The van der Waals surface area contributed by atoms with Crippen LogP contribution in [0.4, 0.5) is 0 Å². The van der Waals surface area contributed by atoms with Gasteiger partial charge in [-0.3, -0.25) is 4.79 Å². The molecule has 0 atom stereocenters. The summed E-state index contributed by atoms with van der Waals surface area (Å²) >= 11 is 1.49. The van der Waals surface area contributed by atoms with Gasteiger partial charge in [0.15, 0.2) is 11.0 Å². The van der Waals surface area contributed by atoms with Gasteiger partial charge in [-0.2, -0.15) is 0 Å². The Morgan fingerprint density at radius 2 is 1.92 bits per heavy atom. The van der Waals surface area contributed by atoms with Crippen LogP contribution in [0.15, 0.2) is 35.5 Å². The Hall–Kier alpha value is -1.82. The van der Waals surface area contributed by atoms with Gasteiger partial charge in [-0.25, -0.2) is 0 Å². The summed E-state index contributed by atoms with van der Waals surface area (Å²) in [6.45, 7) is 6.89. The smallest absolute Gasteiger partial charge is 0.233 e. The number of benzene rings is 1. The van der Waals surface area contributed by atoms with Gasteiger partial charge in [0.05, 0.1) is 5.75 Å². The molecule has 1 amide bonds. The molecule has 3 rings (SSSR count). The molecule has 0 saturated carbocycles. The Balaban J connectivity index is 1.65. The summed E-state index contributed by atoms with van der Waals surface area (Å²) in [4.78, 5) is 14.4. The number of thioether (sulfide) groups is 1. The second kappa shape index (κ2) is 7.83. The Labute approximate surface area is 147 Å². The van der Waals surface area contributed by atoms with Crippen molar-refractivity contribution in [2.24, 2.45) is 5.92 Å². The van der Waals surface area contributed by atoms with Crippen molar-refractivity contribution in [3.8, 4) is 11.4 Å². The molecule has 1 fully saturated rings. The van der Waals surface area contributed by atoms with Crippen LogP contribution in [0.3, 0.4) is 0 Å². The van der Waals surface area contributed by atoms with Gasteiger partial charge in [0, 0.05) is 25.2 Å². The molecule has 128 valence electrons. The summed E-state index contributed by atoms with van der Waals surface area (Å²) in [7, 11) is 0. The maximum Gasteiger partial charge on any atom is 0.233 e. The van der Waals surface area contributed by atoms with E-state index in [4.69, 9.17) is 0 Å².